The van der Waals surface area contributed by atoms with E-state index >= 15 is 0 Å². The number of hydrogen-bond donors (Lipinski definition) is 0. The van der Waals surface area contributed by atoms with Crippen LogP contribution >= 0.6 is 0 Å². The van der Waals surface area contributed by atoms with Crippen LogP contribution < -0.4 is 0 Å². The number of fused-ring (bicyclic) bond motifs is 3. The Bertz CT molecular complexity index is 758. The van der Waals surface area contributed by atoms with Crippen molar-refractivity contribution in [3.05, 3.63) is 59.2 Å². The lowest BCUT2D eigenvalue weighted by atomic mass is 10.0. The third-order valence-corrected chi connectivity index (χ3v) is 4.75. The molecule has 23 heavy (non-hydrogen) atoms. The first-order valence-electron chi connectivity index (χ1n) is 8.28. The average molecular weight is 307 g/mol. The molecule has 2 aromatic carbocycles. The third kappa shape index (κ3) is 2.55. The fourth-order valence-corrected chi connectivity index (χ4v) is 3.80. The quantitative estimate of drug-likeness (QED) is 0.688. The van der Waals surface area contributed by atoms with Crippen molar-refractivity contribution in [2.45, 2.75) is 32.5 Å². The van der Waals surface area contributed by atoms with Gasteiger partial charge in [0.25, 0.3) is 5.91 Å². The molecule has 2 atom stereocenters. The molecule has 0 radical (unpaired) electrons. The van der Waals surface area contributed by atoms with Gasteiger partial charge in [0.05, 0.1) is 12.2 Å². The molecule has 2 unspecified atom stereocenters. The summed E-state index contributed by atoms with van der Waals surface area (Å²) < 4.78 is 5.72. The van der Waals surface area contributed by atoms with Gasteiger partial charge in [0.1, 0.15) is 0 Å². The molecule has 3 heteroatoms. The molecule has 1 aliphatic carbocycles. The minimum absolute atomic E-state index is 0.0985. The molecular weight excluding hydrogens is 286 g/mol. The van der Waals surface area contributed by atoms with Crippen molar-refractivity contribution in [1.29, 1.82) is 0 Å². The highest BCUT2D eigenvalue weighted by Crippen LogP contribution is 2.36. The first-order chi connectivity index (χ1) is 11.1. The molecule has 118 valence electrons. The van der Waals surface area contributed by atoms with E-state index in [1.807, 2.05) is 24.8 Å². The first-order valence-corrected chi connectivity index (χ1v) is 8.28. The highest BCUT2D eigenvalue weighted by Gasteiger charge is 2.27. The van der Waals surface area contributed by atoms with E-state index < -0.39 is 0 Å². The van der Waals surface area contributed by atoms with Gasteiger partial charge in [-0.3, -0.25) is 4.79 Å². The van der Waals surface area contributed by atoms with Crippen LogP contribution in [0.2, 0.25) is 0 Å². The maximum Gasteiger partial charge on any atom is 0.254 e. The fourth-order valence-electron chi connectivity index (χ4n) is 3.80. The maximum atomic E-state index is 12.8. The normalized spacial score (nSPS) is 22.6. The van der Waals surface area contributed by atoms with E-state index in [-0.39, 0.29) is 18.1 Å². The topological polar surface area (TPSA) is 29.5 Å². The minimum atomic E-state index is 0.0985. The zero-order chi connectivity index (χ0) is 16.0. The summed E-state index contributed by atoms with van der Waals surface area (Å²) in [6.45, 7) is 5.38. The molecule has 2 aliphatic rings. The number of ether oxygens (including phenoxy) is 1. The molecule has 1 heterocycles. The van der Waals surface area contributed by atoms with Gasteiger partial charge in [0.2, 0.25) is 0 Å². The summed E-state index contributed by atoms with van der Waals surface area (Å²) in [5.74, 6) is 0.116. The van der Waals surface area contributed by atoms with E-state index in [1.54, 1.807) is 0 Å². The summed E-state index contributed by atoms with van der Waals surface area (Å²) in [5.41, 5.74) is 5.96. The number of carbonyl (C=O) groups is 1. The summed E-state index contributed by atoms with van der Waals surface area (Å²) in [6, 6.07) is 14.6. The van der Waals surface area contributed by atoms with Crippen molar-refractivity contribution >= 4 is 5.91 Å². The number of carbonyl (C=O) groups excluding carboxylic acids is 1. The highest BCUT2D eigenvalue weighted by atomic mass is 16.5. The van der Waals surface area contributed by atoms with Crippen LogP contribution in [-0.4, -0.2) is 36.1 Å². The molecule has 3 nitrogen and oxygen atoms in total. The second-order valence-electron chi connectivity index (χ2n) is 6.67. The molecule has 1 saturated heterocycles. The van der Waals surface area contributed by atoms with Crippen LogP contribution in [0.4, 0.5) is 0 Å². The maximum absolute atomic E-state index is 12.8. The number of amides is 1. The van der Waals surface area contributed by atoms with E-state index in [1.165, 1.54) is 22.3 Å². The lowest BCUT2D eigenvalue weighted by molar-refractivity contribution is -0.0586. The Morgan fingerprint density at radius 1 is 1.00 bits per heavy atom. The SMILES string of the molecule is CC1CN(C(=O)c2ccc3c(c2)Cc2ccccc2-3)CC(C)O1. The summed E-state index contributed by atoms with van der Waals surface area (Å²) in [4.78, 5) is 14.8. The van der Waals surface area contributed by atoms with Gasteiger partial charge in [-0.1, -0.05) is 30.3 Å². The van der Waals surface area contributed by atoms with Gasteiger partial charge in [0, 0.05) is 18.7 Å². The van der Waals surface area contributed by atoms with Gasteiger partial charge in [-0.05, 0) is 54.7 Å². The van der Waals surface area contributed by atoms with Crippen LogP contribution in [-0.2, 0) is 11.2 Å². The third-order valence-electron chi connectivity index (χ3n) is 4.75. The Morgan fingerprint density at radius 2 is 1.70 bits per heavy atom. The van der Waals surface area contributed by atoms with E-state index in [0.717, 1.165) is 12.0 Å². The largest absolute Gasteiger partial charge is 0.372 e. The number of rotatable bonds is 1. The Morgan fingerprint density at radius 3 is 2.48 bits per heavy atom. The molecule has 1 amide bonds. The van der Waals surface area contributed by atoms with Crippen LogP contribution in [0.25, 0.3) is 11.1 Å². The highest BCUT2D eigenvalue weighted by molar-refractivity contribution is 5.96. The standard InChI is InChI=1S/C20H21NO2/c1-13-11-21(12-14(2)23-13)20(22)16-7-8-19-17(10-16)9-15-5-3-4-6-18(15)19/h3-8,10,13-14H,9,11-12H2,1-2H3. The Labute approximate surface area is 136 Å². The molecule has 1 fully saturated rings. The first kappa shape index (κ1) is 14.5. The summed E-state index contributed by atoms with van der Waals surface area (Å²) in [5, 5.41) is 0. The molecule has 2 aromatic rings. The second kappa shape index (κ2) is 5.50. The molecule has 4 rings (SSSR count). The summed E-state index contributed by atoms with van der Waals surface area (Å²) >= 11 is 0. The molecule has 1 aliphatic heterocycles. The summed E-state index contributed by atoms with van der Waals surface area (Å²) in [7, 11) is 0. The lowest BCUT2D eigenvalue weighted by Crippen LogP contribution is -2.48. The lowest BCUT2D eigenvalue weighted by Gasteiger charge is -2.35. The predicted molar refractivity (Wildman–Crippen MR) is 90.6 cm³/mol. The molecule has 0 N–H and O–H groups in total. The zero-order valence-corrected chi connectivity index (χ0v) is 13.6. The second-order valence-corrected chi connectivity index (χ2v) is 6.67. The number of benzene rings is 2. The average Bonchev–Trinajstić information content (AvgIpc) is 2.90. The minimum Gasteiger partial charge on any atom is -0.372 e. The predicted octanol–water partition coefficient (Wildman–Crippen LogP) is 3.51. The van der Waals surface area contributed by atoms with Gasteiger partial charge < -0.3 is 9.64 Å². The van der Waals surface area contributed by atoms with Gasteiger partial charge in [-0.25, -0.2) is 0 Å². The van der Waals surface area contributed by atoms with Crippen LogP contribution in [0.15, 0.2) is 42.5 Å². The van der Waals surface area contributed by atoms with E-state index in [4.69, 9.17) is 4.74 Å². The van der Waals surface area contributed by atoms with Crippen LogP contribution in [0.3, 0.4) is 0 Å². The van der Waals surface area contributed by atoms with Gasteiger partial charge in [0.15, 0.2) is 0 Å². The van der Waals surface area contributed by atoms with Gasteiger partial charge >= 0.3 is 0 Å². The Kier molecular flexibility index (Phi) is 3.46. The molecule has 0 bridgehead atoms. The number of morpholine rings is 1. The van der Waals surface area contributed by atoms with Crippen LogP contribution in [0, 0.1) is 0 Å². The Balaban J connectivity index is 1.62. The van der Waals surface area contributed by atoms with Gasteiger partial charge in [-0.2, -0.15) is 0 Å². The van der Waals surface area contributed by atoms with Crippen molar-refractivity contribution in [2.75, 3.05) is 13.1 Å². The molecule has 0 aromatic heterocycles. The van der Waals surface area contributed by atoms with Crippen LogP contribution in [0.5, 0.6) is 0 Å². The molecule has 0 saturated carbocycles. The molecular formula is C20H21NO2. The van der Waals surface area contributed by atoms with Crippen molar-refractivity contribution in [3.63, 3.8) is 0 Å². The smallest absolute Gasteiger partial charge is 0.254 e. The van der Waals surface area contributed by atoms with E-state index in [9.17, 15) is 4.79 Å². The van der Waals surface area contributed by atoms with Crippen molar-refractivity contribution in [2.24, 2.45) is 0 Å². The van der Waals surface area contributed by atoms with E-state index in [2.05, 4.69) is 36.4 Å². The zero-order valence-electron chi connectivity index (χ0n) is 13.6. The van der Waals surface area contributed by atoms with Crippen molar-refractivity contribution < 1.29 is 9.53 Å². The monoisotopic (exact) mass is 307 g/mol. The number of hydrogen-bond acceptors (Lipinski definition) is 2. The Hall–Kier alpha value is -2.13. The van der Waals surface area contributed by atoms with Crippen molar-refractivity contribution in [3.8, 4) is 11.1 Å². The van der Waals surface area contributed by atoms with Gasteiger partial charge in [-0.15, -0.1) is 0 Å². The van der Waals surface area contributed by atoms with Crippen molar-refractivity contribution in [1.82, 2.24) is 4.90 Å². The summed E-state index contributed by atoms with van der Waals surface area (Å²) in [6.07, 6.45) is 1.12. The molecule has 0 spiro atoms. The van der Waals surface area contributed by atoms with Crippen LogP contribution in [0.1, 0.15) is 35.3 Å². The fraction of sp³-hybridized carbons (Fsp3) is 0.350. The van der Waals surface area contributed by atoms with E-state index in [0.29, 0.717) is 13.1 Å². The number of nitrogens with zero attached hydrogens (tertiary/aromatic N) is 1.